The zero-order valence-electron chi connectivity index (χ0n) is 12.3. The first-order valence-electron chi connectivity index (χ1n) is 6.86. The fraction of sp³-hybridized carbons (Fsp3) is 0.312. The molecule has 1 aromatic heterocycles. The van der Waals surface area contributed by atoms with Crippen molar-refractivity contribution in [2.45, 2.75) is 26.4 Å². The highest BCUT2D eigenvalue weighted by Crippen LogP contribution is 2.15. The number of furan rings is 1. The van der Waals surface area contributed by atoms with Crippen LogP contribution in [0.3, 0.4) is 0 Å². The highest BCUT2D eigenvalue weighted by molar-refractivity contribution is 5.77. The summed E-state index contributed by atoms with van der Waals surface area (Å²) >= 11 is 0. The Morgan fingerprint density at radius 2 is 2.00 bits per heavy atom. The van der Waals surface area contributed by atoms with Gasteiger partial charge in [-0.3, -0.25) is 4.79 Å². The van der Waals surface area contributed by atoms with Crippen molar-refractivity contribution in [3.8, 4) is 5.75 Å². The molecule has 1 atom stereocenters. The molecule has 0 aliphatic heterocycles. The number of hydrogen-bond acceptors (Lipinski definition) is 4. The van der Waals surface area contributed by atoms with Gasteiger partial charge < -0.3 is 20.2 Å². The van der Waals surface area contributed by atoms with Gasteiger partial charge in [0.15, 0.2) is 6.61 Å². The van der Waals surface area contributed by atoms with Crippen LogP contribution in [0.5, 0.6) is 5.75 Å². The third kappa shape index (κ3) is 4.36. The normalized spacial score (nSPS) is 12.0. The number of benzene rings is 1. The fourth-order valence-corrected chi connectivity index (χ4v) is 1.91. The first-order valence-corrected chi connectivity index (χ1v) is 6.86. The van der Waals surface area contributed by atoms with Gasteiger partial charge in [-0.25, -0.2) is 0 Å². The molecule has 0 bridgehead atoms. The summed E-state index contributed by atoms with van der Waals surface area (Å²) in [6.45, 7) is 4.19. The van der Waals surface area contributed by atoms with Gasteiger partial charge in [0.25, 0.3) is 5.91 Å². The molecule has 1 heterocycles. The topological polar surface area (TPSA) is 77.5 Å². The van der Waals surface area contributed by atoms with E-state index in [4.69, 9.17) is 14.9 Å². The standard InChI is InChI=1S/C16H20N2O3/c1-11-3-8-15(21-11)12(2)18-16(19)10-20-14-6-4-13(9-17)5-7-14/h3-8,12H,9-10,17H2,1-2H3,(H,18,19). The maximum absolute atomic E-state index is 11.8. The van der Waals surface area contributed by atoms with Gasteiger partial charge in [0.2, 0.25) is 0 Å². The van der Waals surface area contributed by atoms with Crippen LogP contribution in [0.25, 0.3) is 0 Å². The fourth-order valence-electron chi connectivity index (χ4n) is 1.91. The van der Waals surface area contributed by atoms with Gasteiger partial charge in [-0.1, -0.05) is 12.1 Å². The van der Waals surface area contributed by atoms with Crippen molar-refractivity contribution in [2.24, 2.45) is 5.73 Å². The zero-order valence-corrected chi connectivity index (χ0v) is 12.3. The molecule has 0 radical (unpaired) electrons. The molecule has 1 amide bonds. The lowest BCUT2D eigenvalue weighted by Gasteiger charge is -2.12. The van der Waals surface area contributed by atoms with Crippen molar-refractivity contribution < 1.29 is 13.9 Å². The highest BCUT2D eigenvalue weighted by atomic mass is 16.5. The second-order valence-corrected chi connectivity index (χ2v) is 4.87. The van der Waals surface area contributed by atoms with Gasteiger partial charge in [-0.05, 0) is 43.7 Å². The Hall–Kier alpha value is -2.27. The van der Waals surface area contributed by atoms with E-state index in [0.29, 0.717) is 12.3 Å². The number of hydrogen-bond donors (Lipinski definition) is 2. The van der Waals surface area contributed by atoms with Crippen LogP contribution in [0.2, 0.25) is 0 Å². The number of nitrogens with one attached hydrogen (secondary N) is 1. The van der Waals surface area contributed by atoms with Crippen molar-refractivity contribution in [1.29, 1.82) is 0 Å². The molecule has 5 nitrogen and oxygen atoms in total. The van der Waals surface area contributed by atoms with E-state index in [1.807, 2.05) is 38.1 Å². The Morgan fingerprint density at radius 1 is 1.29 bits per heavy atom. The van der Waals surface area contributed by atoms with E-state index in [9.17, 15) is 4.79 Å². The summed E-state index contributed by atoms with van der Waals surface area (Å²) in [6.07, 6.45) is 0. The van der Waals surface area contributed by atoms with Crippen LogP contribution in [0.15, 0.2) is 40.8 Å². The van der Waals surface area contributed by atoms with E-state index >= 15 is 0 Å². The molecule has 0 saturated heterocycles. The molecule has 0 saturated carbocycles. The number of carbonyl (C=O) groups is 1. The lowest BCUT2D eigenvalue weighted by molar-refractivity contribution is -0.123. The van der Waals surface area contributed by atoms with Crippen LogP contribution in [-0.2, 0) is 11.3 Å². The SMILES string of the molecule is Cc1ccc(C(C)NC(=O)COc2ccc(CN)cc2)o1. The van der Waals surface area contributed by atoms with Gasteiger partial charge in [-0.2, -0.15) is 0 Å². The number of carbonyl (C=O) groups excluding carboxylic acids is 1. The lowest BCUT2D eigenvalue weighted by atomic mass is 10.2. The summed E-state index contributed by atoms with van der Waals surface area (Å²) in [5, 5.41) is 2.82. The Kier molecular flexibility index (Phi) is 5.00. The second-order valence-electron chi connectivity index (χ2n) is 4.87. The number of nitrogens with two attached hydrogens (primary N) is 1. The summed E-state index contributed by atoms with van der Waals surface area (Å²) in [5.74, 6) is 2.00. The molecule has 2 rings (SSSR count). The van der Waals surface area contributed by atoms with E-state index in [2.05, 4.69) is 5.32 Å². The van der Waals surface area contributed by atoms with Crippen LogP contribution < -0.4 is 15.8 Å². The Labute approximate surface area is 124 Å². The van der Waals surface area contributed by atoms with Crippen molar-refractivity contribution in [3.63, 3.8) is 0 Å². The molecule has 1 unspecified atom stereocenters. The molecule has 3 N–H and O–H groups in total. The minimum Gasteiger partial charge on any atom is -0.484 e. The zero-order chi connectivity index (χ0) is 15.2. The number of rotatable bonds is 6. The number of aryl methyl sites for hydroxylation is 1. The largest absolute Gasteiger partial charge is 0.484 e. The average molecular weight is 288 g/mol. The molecular formula is C16H20N2O3. The highest BCUT2D eigenvalue weighted by Gasteiger charge is 2.13. The maximum Gasteiger partial charge on any atom is 0.258 e. The van der Waals surface area contributed by atoms with E-state index in [-0.39, 0.29) is 18.6 Å². The molecule has 112 valence electrons. The number of amides is 1. The van der Waals surface area contributed by atoms with Crippen molar-refractivity contribution >= 4 is 5.91 Å². The lowest BCUT2D eigenvalue weighted by Crippen LogP contribution is -2.31. The maximum atomic E-state index is 11.8. The van der Waals surface area contributed by atoms with E-state index < -0.39 is 0 Å². The summed E-state index contributed by atoms with van der Waals surface area (Å²) < 4.78 is 10.9. The monoisotopic (exact) mass is 288 g/mol. The van der Waals surface area contributed by atoms with Crippen molar-refractivity contribution in [1.82, 2.24) is 5.32 Å². The minimum atomic E-state index is -0.195. The first-order chi connectivity index (χ1) is 10.1. The summed E-state index contributed by atoms with van der Waals surface area (Å²) in [4.78, 5) is 11.8. The van der Waals surface area contributed by atoms with Gasteiger partial charge >= 0.3 is 0 Å². The van der Waals surface area contributed by atoms with E-state index in [1.165, 1.54) is 0 Å². The molecule has 0 fully saturated rings. The Balaban J connectivity index is 1.81. The Bertz CT molecular complexity index is 590. The van der Waals surface area contributed by atoms with Gasteiger partial charge in [0.05, 0.1) is 6.04 Å². The molecule has 1 aromatic carbocycles. The molecule has 0 aliphatic carbocycles. The molecule has 21 heavy (non-hydrogen) atoms. The Morgan fingerprint density at radius 3 is 2.57 bits per heavy atom. The van der Waals surface area contributed by atoms with Crippen LogP contribution in [0.4, 0.5) is 0 Å². The second kappa shape index (κ2) is 6.95. The predicted octanol–water partition coefficient (Wildman–Crippen LogP) is 2.30. The van der Waals surface area contributed by atoms with Crippen LogP contribution in [0, 0.1) is 6.92 Å². The van der Waals surface area contributed by atoms with Crippen LogP contribution in [-0.4, -0.2) is 12.5 Å². The van der Waals surface area contributed by atoms with Gasteiger partial charge in [-0.15, -0.1) is 0 Å². The smallest absolute Gasteiger partial charge is 0.258 e. The molecule has 0 aliphatic rings. The van der Waals surface area contributed by atoms with Crippen molar-refractivity contribution in [3.05, 3.63) is 53.5 Å². The average Bonchev–Trinajstić information content (AvgIpc) is 2.92. The molecule has 5 heteroatoms. The van der Waals surface area contributed by atoms with Gasteiger partial charge in [0.1, 0.15) is 17.3 Å². The van der Waals surface area contributed by atoms with Crippen LogP contribution in [0.1, 0.15) is 30.0 Å². The van der Waals surface area contributed by atoms with E-state index in [0.717, 1.165) is 17.1 Å². The quantitative estimate of drug-likeness (QED) is 0.855. The molecular weight excluding hydrogens is 268 g/mol. The minimum absolute atomic E-state index is 0.0357. The number of ether oxygens (including phenoxy) is 1. The summed E-state index contributed by atoms with van der Waals surface area (Å²) in [7, 11) is 0. The van der Waals surface area contributed by atoms with Crippen molar-refractivity contribution in [2.75, 3.05) is 6.61 Å². The third-order valence-corrected chi connectivity index (χ3v) is 3.09. The summed E-state index contributed by atoms with van der Waals surface area (Å²) in [6, 6.07) is 10.9. The third-order valence-electron chi connectivity index (χ3n) is 3.09. The predicted molar refractivity (Wildman–Crippen MR) is 79.8 cm³/mol. The van der Waals surface area contributed by atoms with Gasteiger partial charge in [0, 0.05) is 6.54 Å². The first kappa shape index (κ1) is 15.1. The van der Waals surface area contributed by atoms with E-state index in [1.54, 1.807) is 12.1 Å². The summed E-state index contributed by atoms with van der Waals surface area (Å²) in [5.41, 5.74) is 6.54. The molecule has 2 aromatic rings. The van der Waals surface area contributed by atoms with Crippen LogP contribution >= 0.6 is 0 Å². The molecule has 0 spiro atoms.